The van der Waals surface area contributed by atoms with Crippen molar-refractivity contribution in [1.82, 2.24) is 24.9 Å². The largest absolute Gasteiger partial charge is 0.355 e. The quantitative estimate of drug-likeness (QED) is 0.812. The normalized spacial score (nSPS) is 18.0. The Kier molecular flexibility index (Phi) is 4.49. The monoisotopic (exact) mass is 341 g/mol. The summed E-state index contributed by atoms with van der Waals surface area (Å²) in [4.78, 5) is 18.7. The predicted octanol–water partition coefficient (Wildman–Crippen LogP) is 0.622. The summed E-state index contributed by atoms with van der Waals surface area (Å²) >= 11 is 0. The second-order valence-electron chi connectivity index (χ2n) is 6.52. The molecule has 2 saturated heterocycles. The zero-order valence-electron chi connectivity index (χ0n) is 14.3. The molecule has 0 aliphatic carbocycles. The van der Waals surface area contributed by atoms with E-state index in [-0.39, 0.29) is 5.91 Å². The van der Waals surface area contributed by atoms with Gasteiger partial charge in [0.25, 0.3) is 0 Å². The van der Waals surface area contributed by atoms with Crippen LogP contribution in [0.15, 0.2) is 30.6 Å². The number of anilines is 2. The smallest absolute Gasteiger partial charge is 0.244 e. The number of aromatic nitrogens is 4. The molecule has 0 unspecified atom stereocenters. The number of carbonyl (C=O) groups excluding carboxylic acids is 1. The Bertz CT molecular complexity index is 686. The maximum absolute atomic E-state index is 12.3. The van der Waals surface area contributed by atoms with E-state index in [1.54, 1.807) is 10.9 Å². The van der Waals surface area contributed by atoms with Gasteiger partial charge in [0.15, 0.2) is 11.6 Å². The van der Waals surface area contributed by atoms with Gasteiger partial charge >= 0.3 is 0 Å². The fourth-order valence-electron chi connectivity index (χ4n) is 3.42. The third-order valence-corrected chi connectivity index (χ3v) is 4.88. The predicted molar refractivity (Wildman–Crippen MR) is 94.5 cm³/mol. The van der Waals surface area contributed by atoms with Crippen molar-refractivity contribution in [3.63, 3.8) is 0 Å². The third-order valence-electron chi connectivity index (χ3n) is 4.88. The fourth-order valence-corrected chi connectivity index (χ4v) is 3.42. The molecule has 2 aromatic rings. The summed E-state index contributed by atoms with van der Waals surface area (Å²) in [5.74, 6) is 1.97. The molecule has 2 fully saturated rings. The molecule has 0 bridgehead atoms. The van der Waals surface area contributed by atoms with Gasteiger partial charge in [-0.2, -0.15) is 5.10 Å². The van der Waals surface area contributed by atoms with Gasteiger partial charge in [-0.25, -0.2) is 0 Å². The van der Waals surface area contributed by atoms with E-state index in [0.29, 0.717) is 19.6 Å². The molecule has 2 aliphatic heterocycles. The molecule has 132 valence electrons. The van der Waals surface area contributed by atoms with E-state index in [1.807, 2.05) is 23.2 Å². The van der Waals surface area contributed by atoms with Crippen LogP contribution in [0.4, 0.5) is 11.6 Å². The van der Waals surface area contributed by atoms with Crippen LogP contribution < -0.4 is 9.80 Å². The van der Waals surface area contributed by atoms with Gasteiger partial charge in [0.1, 0.15) is 6.54 Å². The standard InChI is InChI=1S/C17H23N7O/c25-17(14-24-9-3-6-18-24)23-12-10-22(11-13-23)16-5-4-15(19-20-16)21-7-1-2-8-21/h3-6,9H,1-2,7-8,10-14H2. The van der Waals surface area contributed by atoms with E-state index in [4.69, 9.17) is 0 Å². The summed E-state index contributed by atoms with van der Waals surface area (Å²) in [7, 11) is 0. The minimum Gasteiger partial charge on any atom is -0.355 e. The topological polar surface area (TPSA) is 70.4 Å². The first-order valence-electron chi connectivity index (χ1n) is 8.88. The first kappa shape index (κ1) is 15.9. The van der Waals surface area contributed by atoms with Gasteiger partial charge in [-0.3, -0.25) is 9.48 Å². The molecule has 2 aliphatic rings. The number of rotatable bonds is 4. The highest BCUT2D eigenvalue weighted by Gasteiger charge is 2.22. The molecule has 4 rings (SSSR count). The van der Waals surface area contributed by atoms with Gasteiger partial charge in [0.05, 0.1) is 0 Å². The van der Waals surface area contributed by atoms with Crippen molar-refractivity contribution in [2.75, 3.05) is 49.1 Å². The number of hydrogen-bond donors (Lipinski definition) is 0. The van der Waals surface area contributed by atoms with Crippen LogP contribution in [-0.4, -0.2) is 70.1 Å². The summed E-state index contributed by atoms with van der Waals surface area (Å²) in [6.07, 6.45) is 5.97. The van der Waals surface area contributed by atoms with Gasteiger partial charge in [0, 0.05) is 51.7 Å². The summed E-state index contributed by atoms with van der Waals surface area (Å²) in [5.41, 5.74) is 0. The Balaban J connectivity index is 1.31. The molecule has 2 aromatic heterocycles. The SMILES string of the molecule is O=C(Cn1cccn1)N1CCN(c2ccc(N3CCCC3)nn2)CC1. The number of nitrogens with zero attached hydrogens (tertiary/aromatic N) is 7. The number of hydrogen-bond acceptors (Lipinski definition) is 6. The molecule has 0 saturated carbocycles. The van der Waals surface area contributed by atoms with Crippen molar-refractivity contribution >= 4 is 17.5 Å². The lowest BCUT2D eigenvalue weighted by Crippen LogP contribution is -2.50. The van der Waals surface area contributed by atoms with E-state index >= 15 is 0 Å². The van der Waals surface area contributed by atoms with Crippen LogP contribution in [0.5, 0.6) is 0 Å². The molecule has 0 spiro atoms. The molecular weight excluding hydrogens is 318 g/mol. The molecule has 0 atom stereocenters. The second kappa shape index (κ2) is 7.08. The fraction of sp³-hybridized carbons (Fsp3) is 0.529. The van der Waals surface area contributed by atoms with Gasteiger partial charge in [-0.05, 0) is 31.0 Å². The van der Waals surface area contributed by atoms with E-state index in [2.05, 4.69) is 31.2 Å². The van der Waals surface area contributed by atoms with Crippen LogP contribution in [0.1, 0.15) is 12.8 Å². The van der Waals surface area contributed by atoms with Crippen LogP contribution in [0, 0.1) is 0 Å². The molecule has 0 N–H and O–H groups in total. The Hall–Kier alpha value is -2.64. The zero-order valence-corrected chi connectivity index (χ0v) is 14.3. The van der Waals surface area contributed by atoms with Gasteiger partial charge < -0.3 is 14.7 Å². The van der Waals surface area contributed by atoms with Crippen LogP contribution in [0.25, 0.3) is 0 Å². The van der Waals surface area contributed by atoms with Crippen LogP contribution in [-0.2, 0) is 11.3 Å². The minimum absolute atomic E-state index is 0.110. The van der Waals surface area contributed by atoms with Crippen LogP contribution >= 0.6 is 0 Å². The van der Waals surface area contributed by atoms with Gasteiger partial charge in [0.2, 0.25) is 5.91 Å². The molecule has 8 nitrogen and oxygen atoms in total. The average Bonchev–Trinajstić information content (AvgIpc) is 3.36. The maximum Gasteiger partial charge on any atom is 0.244 e. The van der Waals surface area contributed by atoms with Crippen molar-refractivity contribution in [2.24, 2.45) is 0 Å². The van der Waals surface area contributed by atoms with E-state index in [1.165, 1.54) is 12.8 Å². The summed E-state index contributed by atoms with van der Waals surface area (Å²) in [5, 5.41) is 12.9. The zero-order chi connectivity index (χ0) is 17.1. The number of piperazine rings is 1. The highest BCUT2D eigenvalue weighted by Crippen LogP contribution is 2.19. The Morgan fingerprint density at radius 2 is 1.56 bits per heavy atom. The molecular formula is C17H23N7O. The Morgan fingerprint density at radius 3 is 2.12 bits per heavy atom. The van der Waals surface area contributed by atoms with Crippen LogP contribution in [0.3, 0.4) is 0 Å². The lowest BCUT2D eigenvalue weighted by Gasteiger charge is -2.35. The molecule has 8 heteroatoms. The summed E-state index contributed by atoms with van der Waals surface area (Å²) < 4.78 is 1.66. The first-order valence-corrected chi connectivity index (χ1v) is 8.88. The van der Waals surface area contributed by atoms with Crippen molar-refractivity contribution in [3.05, 3.63) is 30.6 Å². The highest BCUT2D eigenvalue weighted by molar-refractivity contribution is 5.76. The second-order valence-corrected chi connectivity index (χ2v) is 6.52. The molecule has 25 heavy (non-hydrogen) atoms. The molecule has 0 aromatic carbocycles. The van der Waals surface area contributed by atoms with Gasteiger partial charge in [-0.15, -0.1) is 10.2 Å². The Morgan fingerprint density at radius 1 is 0.920 bits per heavy atom. The lowest BCUT2D eigenvalue weighted by molar-refractivity contribution is -0.132. The van der Waals surface area contributed by atoms with Crippen molar-refractivity contribution in [1.29, 1.82) is 0 Å². The summed E-state index contributed by atoms with van der Waals surface area (Å²) in [6.45, 7) is 5.42. The molecule has 0 radical (unpaired) electrons. The third kappa shape index (κ3) is 3.57. The van der Waals surface area contributed by atoms with Crippen molar-refractivity contribution in [3.8, 4) is 0 Å². The average molecular weight is 341 g/mol. The maximum atomic E-state index is 12.3. The van der Waals surface area contributed by atoms with E-state index in [9.17, 15) is 4.79 Å². The highest BCUT2D eigenvalue weighted by atomic mass is 16.2. The van der Waals surface area contributed by atoms with E-state index in [0.717, 1.165) is 37.8 Å². The van der Waals surface area contributed by atoms with Crippen molar-refractivity contribution in [2.45, 2.75) is 19.4 Å². The lowest BCUT2D eigenvalue weighted by atomic mass is 10.3. The Labute approximate surface area is 147 Å². The molecule has 4 heterocycles. The number of carbonyl (C=O) groups is 1. The van der Waals surface area contributed by atoms with Gasteiger partial charge in [-0.1, -0.05) is 0 Å². The number of amides is 1. The molecule has 1 amide bonds. The first-order chi connectivity index (χ1) is 12.3. The summed E-state index contributed by atoms with van der Waals surface area (Å²) in [6, 6.07) is 5.93. The minimum atomic E-state index is 0.110. The van der Waals surface area contributed by atoms with Crippen LogP contribution in [0.2, 0.25) is 0 Å². The van der Waals surface area contributed by atoms with Crippen molar-refractivity contribution < 1.29 is 4.79 Å². The van der Waals surface area contributed by atoms with E-state index < -0.39 is 0 Å².